The van der Waals surface area contributed by atoms with Crippen LogP contribution >= 0.6 is 11.6 Å². The number of anilines is 1. The van der Waals surface area contributed by atoms with E-state index in [1.165, 1.54) is 18.2 Å². The molecule has 0 aliphatic carbocycles. The highest BCUT2D eigenvalue weighted by molar-refractivity contribution is 7.95. The molecule has 1 amide bonds. The average molecular weight is 437 g/mol. The number of sulfone groups is 1. The Morgan fingerprint density at radius 1 is 1.03 bits per heavy atom. The number of amides is 1. The molecular formula is C23H17ClN2O3S. The van der Waals surface area contributed by atoms with Crippen LogP contribution in [0.4, 0.5) is 5.69 Å². The summed E-state index contributed by atoms with van der Waals surface area (Å²) < 4.78 is 25.6. The van der Waals surface area contributed by atoms with E-state index >= 15 is 0 Å². The molecule has 0 atom stereocenters. The van der Waals surface area contributed by atoms with Crippen LogP contribution in [0.3, 0.4) is 0 Å². The molecule has 5 nitrogen and oxygen atoms in total. The van der Waals surface area contributed by atoms with Gasteiger partial charge in [0.25, 0.3) is 5.91 Å². The molecule has 0 aliphatic heterocycles. The number of nitrogens with one attached hydrogen (secondary N) is 1. The first kappa shape index (κ1) is 21.3. The monoisotopic (exact) mass is 436 g/mol. The topological polar surface area (TPSA) is 87.0 Å². The number of carbonyl (C=O) groups excluding carboxylic acids is 1. The fourth-order valence-electron chi connectivity index (χ4n) is 2.68. The molecule has 0 bridgehead atoms. The maximum absolute atomic E-state index is 12.8. The van der Waals surface area contributed by atoms with Gasteiger partial charge in [0.2, 0.25) is 9.84 Å². The largest absolute Gasteiger partial charge is 0.322 e. The summed E-state index contributed by atoms with van der Waals surface area (Å²) in [7, 11) is -3.95. The van der Waals surface area contributed by atoms with Crippen LogP contribution in [0.2, 0.25) is 5.02 Å². The maximum Gasteiger partial charge on any atom is 0.255 e. The fourth-order valence-corrected chi connectivity index (χ4v) is 3.96. The van der Waals surface area contributed by atoms with Gasteiger partial charge in [0.15, 0.2) is 0 Å². The molecule has 7 heteroatoms. The Morgan fingerprint density at radius 2 is 1.70 bits per heavy atom. The Hall–Kier alpha value is -3.40. The minimum Gasteiger partial charge on any atom is -0.322 e. The van der Waals surface area contributed by atoms with E-state index in [-0.39, 0.29) is 15.7 Å². The van der Waals surface area contributed by atoms with Gasteiger partial charge in [-0.15, -0.1) is 0 Å². The zero-order valence-electron chi connectivity index (χ0n) is 16.0. The number of aryl methyl sites for hydroxylation is 1. The average Bonchev–Trinajstić information content (AvgIpc) is 2.73. The minimum absolute atomic E-state index is 0.0492. The fraction of sp³-hybridized carbons (Fsp3) is 0.0435. The van der Waals surface area contributed by atoms with Gasteiger partial charge < -0.3 is 5.32 Å². The second-order valence-corrected chi connectivity index (χ2v) is 8.88. The molecule has 0 heterocycles. The number of rotatable bonds is 5. The maximum atomic E-state index is 12.8. The van der Waals surface area contributed by atoms with Crippen LogP contribution in [0.5, 0.6) is 0 Å². The third-order valence-corrected chi connectivity index (χ3v) is 6.21. The first-order valence-corrected chi connectivity index (χ1v) is 10.8. The van der Waals surface area contributed by atoms with E-state index < -0.39 is 9.84 Å². The number of carbonyl (C=O) groups is 1. The van der Waals surface area contributed by atoms with Crippen molar-refractivity contribution in [1.82, 2.24) is 0 Å². The van der Waals surface area contributed by atoms with Crippen molar-refractivity contribution in [3.63, 3.8) is 0 Å². The molecule has 0 spiro atoms. The Bertz CT molecular complexity index is 1260. The van der Waals surface area contributed by atoms with Gasteiger partial charge in [0.05, 0.1) is 4.90 Å². The van der Waals surface area contributed by atoms with E-state index in [4.69, 9.17) is 11.6 Å². The lowest BCUT2D eigenvalue weighted by atomic mass is 10.1. The van der Waals surface area contributed by atoms with Gasteiger partial charge >= 0.3 is 0 Å². The standard InChI is InChI=1S/C23H17ClN2O3S/c1-16-5-11-21(12-6-16)30(28,29)22(15-25)14-17-3-2-4-20(13-17)26-23(27)18-7-9-19(24)10-8-18/h2-14H,1H3,(H,26,27)/b22-14+. The normalized spacial score (nSPS) is 11.6. The molecule has 0 radical (unpaired) electrons. The molecule has 3 aromatic carbocycles. The molecule has 0 aromatic heterocycles. The van der Waals surface area contributed by atoms with E-state index in [2.05, 4.69) is 5.32 Å². The van der Waals surface area contributed by atoms with Crippen LogP contribution in [-0.2, 0) is 9.84 Å². The molecule has 150 valence electrons. The Balaban J connectivity index is 1.87. The van der Waals surface area contributed by atoms with E-state index in [9.17, 15) is 18.5 Å². The molecule has 1 N–H and O–H groups in total. The summed E-state index contributed by atoms with van der Waals surface area (Å²) in [6.45, 7) is 1.85. The van der Waals surface area contributed by atoms with Crippen LogP contribution < -0.4 is 5.32 Å². The van der Waals surface area contributed by atoms with Crippen molar-refractivity contribution < 1.29 is 13.2 Å². The van der Waals surface area contributed by atoms with Crippen molar-refractivity contribution in [3.05, 3.63) is 99.4 Å². The molecule has 0 unspecified atom stereocenters. The summed E-state index contributed by atoms with van der Waals surface area (Å²) in [6, 6.07) is 21.1. The van der Waals surface area contributed by atoms with Gasteiger partial charge in [-0.25, -0.2) is 8.42 Å². The summed E-state index contributed by atoms with van der Waals surface area (Å²) in [4.78, 5) is 12.0. The van der Waals surface area contributed by atoms with Crippen molar-refractivity contribution in [2.24, 2.45) is 0 Å². The van der Waals surface area contributed by atoms with E-state index in [1.807, 2.05) is 6.92 Å². The van der Waals surface area contributed by atoms with Gasteiger partial charge in [-0.1, -0.05) is 41.4 Å². The number of halogens is 1. The van der Waals surface area contributed by atoms with Crippen LogP contribution in [0.15, 0.2) is 82.6 Å². The Morgan fingerprint density at radius 3 is 2.33 bits per heavy atom. The quantitative estimate of drug-likeness (QED) is 0.554. The van der Waals surface area contributed by atoms with Gasteiger partial charge in [-0.05, 0) is 67.1 Å². The molecular weight excluding hydrogens is 420 g/mol. The predicted octanol–water partition coefficient (Wildman–Crippen LogP) is 5.24. The highest BCUT2D eigenvalue weighted by atomic mass is 35.5. The lowest BCUT2D eigenvalue weighted by molar-refractivity contribution is 0.102. The van der Waals surface area contributed by atoms with Crippen molar-refractivity contribution in [2.75, 3.05) is 5.32 Å². The van der Waals surface area contributed by atoms with E-state index in [0.29, 0.717) is 21.8 Å². The van der Waals surface area contributed by atoms with Gasteiger partial charge in [-0.3, -0.25) is 4.79 Å². The summed E-state index contributed by atoms with van der Waals surface area (Å²) in [5.74, 6) is -0.333. The third-order valence-electron chi connectivity index (χ3n) is 4.28. The summed E-state index contributed by atoms with van der Waals surface area (Å²) >= 11 is 5.83. The van der Waals surface area contributed by atoms with Crippen LogP contribution in [0.1, 0.15) is 21.5 Å². The van der Waals surface area contributed by atoms with Crippen molar-refractivity contribution in [3.8, 4) is 6.07 Å². The summed E-state index contributed by atoms with van der Waals surface area (Å²) in [5.41, 5.74) is 2.28. The number of nitrogens with zero attached hydrogens (tertiary/aromatic N) is 1. The molecule has 3 rings (SSSR count). The molecule has 30 heavy (non-hydrogen) atoms. The van der Waals surface area contributed by atoms with Crippen molar-refractivity contribution >= 4 is 39.1 Å². The van der Waals surface area contributed by atoms with Gasteiger partial charge in [0, 0.05) is 16.3 Å². The number of nitriles is 1. The second-order valence-electron chi connectivity index (χ2n) is 6.52. The SMILES string of the molecule is Cc1ccc(S(=O)(=O)/C(C#N)=C/c2cccc(NC(=O)c3ccc(Cl)cc3)c2)cc1. The van der Waals surface area contributed by atoms with Gasteiger partial charge in [-0.2, -0.15) is 5.26 Å². The number of benzene rings is 3. The van der Waals surface area contributed by atoms with Crippen molar-refractivity contribution in [1.29, 1.82) is 5.26 Å². The first-order chi connectivity index (χ1) is 14.3. The van der Waals surface area contributed by atoms with Gasteiger partial charge in [0.1, 0.15) is 11.0 Å². The molecule has 0 aliphatic rings. The van der Waals surface area contributed by atoms with Crippen LogP contribution in [0.25, 0.3) is 6.08 Å². The highest BCUT2D eigenvalue weighted by Gasteiger charge is 2.20. The van der Waals surface area contributed by atoms with Crippen LogP contribution in [0, 0.1) is 18.3 Å². The molecule has 0 saturated heterocycles. The second kappa shape index (κ2) is 8.95. The number of hydrogen-bond acceptors (Lipinski definition) is 4. The summed E-state index contributed by atoms with van der Waals surface area (Å²) in [5, 5.41) is 12.7. The highest BCUT2D eigenvalue weighted by Crippen LogP contribution is 2.23. The third kappa shape index (κ3) is 4.95. The lowest BCUT2D eigenvalue weighted by Crippen LogP contribution is -2.11. The first-order valence-electron chi connectivity index (χ1n) is 8.90. The van der Waals surface area contributed by atoms with E-state index in [1.54, 1.807) is 66.7 Å². The number of hydrogen-bond donors (Lipinski definition) is 1. The predicted molar refractivity (Wildman–Crippen MR) is 118 cm³/mol. The molecule has 0 saturated carbocycles. The van der Waals surface area contributed by atoms with Crippen LogP contribution in [-0.4, -0.2) is 14.3 Å². The zero-order chi connectivity index (χ0) is 21.7. The Labute approximate surface area is 180 Å². The van der Waals surface area contributed by atoms with Crippen molar-refractivity contribution in [2.45, 2.75) is 11.8 Å². The molecule has 3 aromatic rings. The lowest BCUT2D eigenvalue weighted by Gasteiger charge is -2.07. The summed E-state index contributed by atoms with van der Waals surface area (Å²) in [6.07, 6.45) is 1.28. The zero-order valence-corrected chi connectivity index (χ0v) is 17.5. The molecule has 0 fully saturated rings. The minimum atomic E-state index is -3.95. The number of allylic oxidation sites excluding steroid dienone is 1. The van der Waals surface area contributed by atoms with E-state index in [0.717, 1.165) is 5.56 Å². The Kier molecular flexibility index (Phi) is 6.36. The smallest absolute Gasteiger partial charge is 0.255 e.